The van der Waals surface area contributed by atoms with Crippen molar-refractivity contribution in [1.82, 2.24) is 0 Å². The van der Waals surface area contributed by atoms with Gasteiger partial charge in [0.2, 0.25) is 0 Å². The molecule has 1 unspecified atom stereocenters. The normalized spacial score (nSPS) is 28.4. The van der Waals surface area contributed by atoms with E-state index in [0.717, 1.165) is 37.9 Å². The maximum atomic E-state index is 10.3. The van der Waals surface area contributed by atoms with Crippen LogP contribution in [0.3, 0.4) is 0 Å². The molecule has 1 saturated heterocycles. The quantitative estimate of drug-likeness (QED) is 0.451. The number of rotatable bonds is 4. The second-order valence-corrected chi connectivity index (χ2v) is 4.37. The largest absolute Gasteiger partial charge is 0.460 e. The minimum atomic E-state index is -0.175. The molecular formula is C16H26O4. The number of carbonyl (C=O) groups is 1. The minimum Gasteiger partial charge on any atom is -0.460 e. The zero-order valence-corrected chi connectivity index (χ0v) is 12.5. The van der Waals surface area contributed by atoms with Crippen molar-refractivity contribution in [3.05, 3.63) is 12.2 Å². The maximum Gasteiger partial charge on any atom is 0.293 e. The molecule has 4 heteroatoms. The summed E-state index contributed by atoms with van der Waals surface area (Å²) in [7, 11) is 0. The highest BCUT2D eigenvalue weighted by Gasteiger charge is 2.32. The third-order valence-corrected chi connectivity index (χ3v) is 3.12. The Kier molecular flexibility index (Phi) is 10.8. The summed E-state index contributed by atoms with van der Waals surface area (Å²) in [5.41, 5.74) is 0.938. The van der Waals surface area contributed by atoms with E-state index in [9.17, 15) is 4.79 Å². The van der Waals surface area contributed by atoms with Crippen LogP contribution in [0.15, 0.2) is 12.2 Å². The van der Waals surface area contributed by atoms with Gasteiger partial charge < -0.3 is 14.2 Å². The lowest BCUT2D eigenvalue weighted by molar-refractivity contribution is -0.187. The summed E-state index contributed by atoms with van der Waals surface area (Å²) in [5.74, 6) is 0. The van der Waals surface area contributed by atoms with Crippen LogP contribution in [0.2, 0.25) is 0 Å². The lowest BCUT2D eigenvalue weighted by Gasteiger charge is -2.25. The molecule has 2 rings (SSSR count). The summed E-state index contributed by atoms with van der Waals surface area (Å²) in [6.07, 6.45) is 12.5. The number of ether oxygens (including phenoxy) is 3. The number of carbonyl (C=O) groups excluding carboxylic acids is 1. The van der Waals surface area contributed by atoms with Gasteiger partial charge in [0.25, 0.3) is 6.47 Å². The molecule has 4 nitrogen and oxygen atoms in total. The Bertz CT molecular complexity index is 292. The smallest absolute Gasteiger partial charge is 0.293 e. The Morgan fingerprint density at radius 1 is 1.35 bits per heavy atom. The lowest BCUT2D eigenvalue weighted by atomic mass is 10.2. The summed E-state index contributed by atoms with van der Waals surface area (Å²) in [4.78, 5) is 10.3. The standard InChI is InChI=1S/C12H18O4.C2H6.C2H2/c1-9-6-10(7-11(9)15-8-13)16-12-4-2-3-5-14-12;2*1-2/h8,10-12H,1-7H2;1-2H3;1-2H/t10-,11-,12?;;/m1../s1. The fraction of sp³-hybridized carbons (Fsp3) is 0.688. The van der Waals surface area contributed by atoms with Gasteiger partial charge in [0, 0.05) is 13.0 Å². The Balaban J connectivity index is 0.000000829. The first kappa shape index (κ1) is 18.7. The van der Waals surface area contributed by atoms with Gasteiger partial charge in [-0.2, -0.15) is 0 Å². The van der Waals surface area contributed by atoms with E-state index in [1.54, 1.807) is 0 Å². The zero-order valence-electron chi connectivity index (χ0n) is 12.5. The van der Waals surface area contributed by atoms with Crippen LogP contribution >= 0.6 is 0 Å². The van der Waals surface area contributed by atoms with Gasteiger partial charge in [0.05, 0.1) is 6.10 Å². The maximum absolute atomic E-state index is 10.3. The average molecular weight is 282 g/mol. The second kappa shape index (κ2) is 11.5. The molecule has 0 amide bonds. The second-order valence-electron chi connectivity index (χ2n) is 4.37. The highest BCUT2D eigenvalue weighted by Crippen LogP contribution is 2.30. The van der Waals surface area contributed by atoms with Crippen molar-refractivity contribution in [2.24, 2.45) is 0 Å². The van der Waals surface area contributed by atoms with E-state index in [2.05, 4.69) is 19.4 Å². The van der Waals surface area contributed by atoms with Gasteiger partial charge in [-0.05, 0) is 31.3 Å². The van der Waals surface area contributed by atoms with E-state index >= 15 is 0 Å². The van der Waals surface area contributed by atoms with Gasteiger partial charge in [-0.3, -0.25) is 4.79 Å². The van der Waals surface area contributed by atoms with Crippen LogP contribution in [0.5, 0.6) is 0 Å². The molecular weight excluding hydrogens is 256 g/mol. The van der Waals surface area contributed by atoms with Crippen LogP contribution in [-0.2, 0) is 19.0 Å². The van der Waals surface area contributed by atoms with Gasteiger partial charge in [0.15, 0.2) is 6.29 Å². The molecule has 0 aromatic rings. The molecule has 2 fully saturated rings. The lowest BCUT2D eigenvalue weighted by Crippen LogP contribution is -2.27. The Morgan fingerprint density at radius 3 is 2.60 bits per heavy atom. The summed E-state index contributed by atoms with van der Waals surface area (Å²) < 4.78 is 16.3. The van der Waals surface area contributed by atoms with E-state index in [1.807, 2.05) is 13.8 Å². The Labute approximate surface area is 122 Å². The molecule has 1 aliphatic heterocycles. The van der Waals surface area contributed by atoms with Crippen molar-refractivity contribution in [2.45, 2.75) is 64.4 Å². The molecule has 0 aromatic heterocycles. The fourth-order valence-corrected chi connectivity index (χ4v) is 2.27. The van der Waals surface area contributed by atoms with Gasteiger partial charge in [-0.1, -0.05) is 20.4 Å². The molecule has 1 heterocycles. The van der Waals surface area contributed by atoms with Crippen molar-refractivity contribution in [1.29, 1.82) is 0 Å². The first-order valence-electron chi connectivity index (χ1n) is 7.16. The number of hydrogen-bond acceptors (Lipinski definition) is 4. The zero-order chi connectivity index (χ0) is 15.4. The van der Waals surface area contributed by atoms with E-state index in [-0.39, 0.29) is 18.5 Å². The molecule has 0 spiro atoms. The number of hydrogen-bond donors (Lipinski definition) is 0. The van der Waals surface area contributed by atoms with Gasteiger partial charge in [0.1, 0.15) is 6.10 Å². The van der Waals surface area contributed by atoms with Crippen LogP contribution in [0.1, 0.15) is 46.0 Å². The van der Waals surface area contributed by atoms with Crippen molar-refractivity contribution in [3.63, 3.8) is 0 Å². The van der Waals surface area contributed by atoms with Crippen LogP contribution in [0.4, 0.5) is 0 Å². The SMILES string of the molecule is C#C.C=C1C[C@@H](OC2CCCCO2)C[C@H]1OC=O.CC. The molecule has 3 atom stereocenters. The van der Waals surface area contributed by atoms with Crippen molar-refractivity contribution in [3.8, 4) is 12.8 Å². The molecule has 114 valence electrons. The molecule has 0 bridgehead atoms. The molecule has 1 saturated carbocycles. The molecule has 20 heavy (non-hydrogen) atoms. The number of terminal acetylenes is 1. The Morgan fingerprint density at radius 2 is 2.05 bits per heavy atom. The third-order valence-electron chi connectivity index (χ3n) is 3.12. The first-order chi connectivity index (χ1) is 9.79. The third kappa shape index (κ3) is 6.23. The summed E-state index contributed by atoms with van der Waals surface area (Å²) in [6.45, 7) is 9.16. The summed E-state index contributed by atoms with van der Waals surface area (Å²) in [6, 6.07) is 0. The average Bonchev–Trinajstić information content (AvgIpc) is 2.85. The summed E-state index contributed by atoms with van der Waals surface area (Å²) in [5, 5.41) is 0. The highest BCUT2D eigenvalue weighted by molar-refractivity contribution is 5.39. The molecule has 2 aliphatic rings. The first-order valence-corrected chi connectivity index (χ1v) is 7.16. The van der Waals surface area contributed by atoms with E-state index in [1.165, 1.54) is 0 Å². The van der Waals surface area contributed by atoms with Crippen LogP contribution in [-0.4, -0.2) is 31.6 Å². The van der Waals surface area contributed by atoms with Gasteiger partial charge in [-0.25, -0.2) is 0 Å². The summed E-state index contributed by atoms with van der Waals surface area (Å²) >= 11 is 0. The van der Waals surface area contributed by atoms with E-state index in [0.29, 0.717) is 12.9 Å². The molecule has 0 radical (unpaired) electrons. The van der Waals surface area contributed by atoms with E-state index in [4.69, 9.17) is 14.2 Å². The predicted octanol–water partition coefficient (Wildman–Crippen LogP) is 3.07. The van der Waals surface area contributed by atoms with Crippen molar-refractivity contribution >= 4 is 6.47 Å². The molecule has 0 N–H and O–H groups in total. The fourth-order valence-electron chi connectivity index (χ4n) is 2.27. The van der Waals surface area contributed by atoms with Crippen LogP contribution < -0.4 is 0 Å². The molecule has 1 aliphatic carbocycles. The van der Waals surface area contributed by atoms with Gasteiger partial charge >= 0.3 is 0 Å². The minimum absolute atomic E-state index is 0.0819. The van der Waals surface area contributed by atoms with E-state index < -0.39 is 0 Å². The van der Waals surface area contributed by atoms with Crippen LogP contribution in [0.25, 0.3) is 0 Å². The van der Waals surface area contributed by atoms with Crippen molar-refractivity contribution in [2.75, 3.05) is 6.61 Å². The molecule has 0 aromatic carbocycles. The highest BCUT2D eigenvalue weighted by atomic mass is 16.7. The van der Waals surface area contributed by atoms with Crippen molar-refractivity contribution < 1.29 is 19.0 Å². The Hall–Kier alpha value is -1.31. The topological polar surface area (TPSA) is 44.8 Å². The van der Waals surface area contributed by atoms with Crippen LogP contribution in [0, 0.1) is 12.8 Å². The monoisotopic (exact) mass is 282 g/mol. The van der Waals surface area contributed by atoms with Gasteiger partial charge in [-0.15, -0.1) is 12.8 Å². The predicted molar refractivity (Wildman–Crippen MR) is 79.0 cm³/mol.